The number of halogens is 1. The number of aromatic amines is 1. The summed E-state index contributed by atoms with van der Waals surface area (Å²) in [6, 6.07) is 3.66. The van der Waals surface area contributed by atoms with E-state index in [9.17, 15) is 14.0 Å². The monoisotopic (exact) mass is 271 g/mol. The third kappa shape index (κ3) is 1.63. The molecule has 0 spiro atoms. The minimum absolute atomic E-state index is 0.00592. The molecule has 0 aliphatic heterocycles. The van der Waals surface area contributed by atoms with Crippen LogP contribution in [0.25, 0.3) is 5.78 Å². The van der Waals surface area contributed by atoms with E-state index in [0.29, 0.717) is 0 Å². The number of nitrogens with zero attached hydrogens (tertiary/aromatic N) is 3. The van der Waals surface area contributed by atoms with E-state index < -0.39 is 16.9 Å². The van der Waals surface area contributed by atoms with Gasteiger partial charge in [0.25, 0.3) is 11.1 Å². The number of H-pyrrole nitrogens is 1. The highest BCUT2D eigenvalue weighted by Crippen LogP contribution is 1.95. The summed E-state index contributed by atoms with van der Waals surface area (Å²) >= 11 is 0. The van der Waals surface area contributed by atoms with Crippen molar-refractivity contribution in [1.82, 2.24) is 19.6 Å². The van der Waals surface area contributed by atoms with E-state index in [1.54, 1.807) is 0 Å². The van der Waals surface area contributed by atoms with E-state index in [-0.39, 0.29) is 21.4 Å². The number of hydrogen-bond donors (Lipinski definition) is 2. The van der Waals surface area contributed by atoms with Crippen molar-refractivity contribution >= 4 is 11.6 Å². The summed E-state index contributed by atoms with van der Waals surface area (Å²) in [4.78, 5) is 30.1. The predicted molar refractivity (Wildman–Crippen MR) is 66.0 cm³/mol. The SMILES string of the molecule is N=C=c1ccc(=c2c(=O)[nH]c3ncnn3c2=O)c(F)c1. The molecule has 3 aromatic rings. The average molecular weight is 271 g/mol. The van der Waals surface area contributed by atoms with Gasteiger partial charge in [0.05, 0.1) is 0 Å². The molecular formula is C12H6FN5O2. The molecule has 0 atom stereocenters. The van der Waals surface area contributed by atoms with Crippen molar-refractivity contribution in [3.8, 4) is 0 Å². The van der Waals surface area contributed by atoms with Crippen LogP contribution in [0, 0.1) is 21.7 Å². The quantitative estimate of drug-likeness (QED) is 0.503. The molecule has 1 aromatic carbocycles. The van der Waals surface area contributed by atoms with Crippen LogP contribution in [-0.2, 0) is 0 Å². The van der Waals surface area contributed by atoms with Crippen molar-refractivity contribution < 1.29 is 4.39 Å². The molecule has 3 rings (SSSR count). The molecule has 20 heavy (non-hydrogen) atoms. The number of nitrogens with one attached hydrogen (secondary N) is 2. The zero-order valence-corrected chi connectivity index (χ0v) is 9.85. The first-order chi connectivity index (χ1) is 9.61. The standard InChI is InChI=1S/C12H6FN5O2/c13-8-3-6(4-14)1-2-7(8)9-10(19)17-12-15-5-16-18(12)11(9)20/h1-3,5,14H,(H,15,16,17,19). The largest absolute Gasteiger partial charge is 0.290 e. The molecular weight excluding hydrogens is 265 g/mol. The summed E-state index contributed by atoms with van der Waals surface area (Å²) in [5, 5.41) is 10.3. The first-order valence-corrected chi connectivity index (χ1v) is 5.47. The first-order valence-electron chi connectivity index (χ1n) is 5.47. The topological polar surface area (TPSA) is 104 Å². The molecule has 0 unspecified atom stereocenters. The summed E-state index contributed by atoms with van der Waals surface area (Å²) in [6.45, 7) is 0. The van der Waals surface area contributed by atoms with Gasteiger partial charge in [0.2, 0.25) is 5.78 Å². The maximum Gasteiger partial charge on any atom is 0.287 e. The lowest BCUT2D eigenvalue weighted by Crippen LogP contribution is -2.27. The fraction of sp³-hybridized carbons (Fsp3) is 0. The molecule has 0 fully saturated rings. The van der Waals surface area contributed by atoms with Crippen LogP contribution in [0.2, 0.25) is 0 Å². The van der Waals surface area contributed by atoms with E-state index in [2.05, 4.69) is 15.1 Å². The molecule has 2 N–H and O–H groups in total. The number of aromatic nitrogens is 4. The summed E-state index contributed by atoms with van der Waals surface area (Å²) in [5.74, 6) is 1.23. The molecule has 7 nitrogen and oxygen atoms in total. The van der Waals surface area contributed by atoms with Crippen molar-refractivity contribution in [2.24, 2.45) is 0 Å². The van der Waals surface area contributed by atoms with Gasteiger partial charge < -0.3 is 0 Å². The smallest absolute Gasteiger partial charge is 0.287 e. The fourth-order valence-electron chi connectivity index (χ4n) is 1.88. The lowest BCUT2D eigenvalue weighted by atomic mass is 10.2. The second kappa shape index (κ2) is 4.22. The molecule has 0 radical (unpaired) electrons. The van der Waals surface area contributed by atoms with Crippen LogP contribution in [0.15, 0.2) is 34.1 Å². The molecule has 0 aliphatic carbocycles. The normalized spacial score (nSPS) is 12.4. The van der Waals surface area contributed by atoms with Crippen LogP contribution in [0.4, 0.5) is 4.39 Å². The third-order valence-corrected chi connectivity index (χ3v) is 2.79. The van der Waals surface area contributed by atoms with Gasteiger partial charge in [-0.05, 0) is 24.1 Å². The molecule has 0 saturated carbocycles. The maximum absolute atomic E-state index is 13.9. The first kappa shape index (κ1) is 11.9. The summed E-state index contributed by atoms with van der Waals surface area (Å²) < 4.78 is 14.8. The molecule has 2 aromatic heterocycles. The lowest BCUT2D eigenvalue weighted by Gasteiger charge is -1.93. The van der Waals surface area contributed by atoms with Gasteiger partial charge in [-0.25, -0.2) is 4.39 Å². The molecule has 0 bridgehead atoms. The van der Waals surface area contributed by atoms with E-state index in [1.165, 1.54) is 12.1 Å². The minimum atomic E-state index is -0.788. The Bertz CT molecular complexity index is 1110. The summed E-state index contributed by atoms with van der Waals surface area (Å²) in [6.07, 6.45) is 1.11. The van der Waals surface area contributed by atoms with Gasteiger partial charge >= 0.3 is 0 Å². The van der Waals surface area contributed by atoms with Gasteiger partial charge in [0.1, 0.15) is 17.4 Å². The second-order valence-electron chi connectivity index (χ2n) is 3.95. The summed E-state index contributed by atoms with van der Waals surface area (Å²) in [7, 11) is 0. The zero-order chi connectivity index (χ0) is 14.3. The van der Waals surface area contributed by atoms with Gasteiger partial charge in [-0.3, -0.25) is 20.0 Å². The minimum Gasteiger partial charge on any atom is -0.290 e. The van der Waals surface area contributed by atoms with Crippen molar-refractivity contribution in [2.75, 3.05) is 0 Å². The van der Waals surface area contributed by atoms with Gasteiger partial charge in [-0.1, -0.05) is 0 Å². The molecule has 8 heteroatoms. The Labute approximate surface area is 108 Å². The molecule has 0 amide bonds. The van der Waals surface area contributed by atoms with E-state index in [0.717, 1.165) is 16.9 Å². The Kier molecular flexibility index (Phi) is 2.52. The van der Waals surface area contributed by atoms with E-state index in [4.69, 9.17) is 5.41 Å². The van der Waals surface area contributed by atoms with Crippen molar-refractivity contribution in [3.63, 3.8) is 0 Å². The van der Waals surface area contributed by atoms with Gasteiger partial charge in [-0.15, -0.1) is 0 Å². The number of benzene rings is 1. The van der Waals surface area contributed by atoms with Crippen LogP contribution in [-0.4, -0.2) is 25.5 Å². The molecule has 0 saturated heterocycles. The van der Waals surface area contributed by atoms with Crippen LogP contribution in [0.5, 0.6) is 0 Å². The fourth-order valence-corrected chi connectivity index (χ4v) is 1.88. The average Bonchev–Trinajstić information content (AvgIpc) is 2.88. The predicted octanol–water partition coefficient (Wildman–Crippen LogP) is -1.16. The molecule has 0 aliphatic rings. The summed E-state index contributed by atoms with van der Waals surface area (Å²) in [5.41, 5.74) is -1.51. The number of rotatable bonds is 0. The van der Waals surface area contributed by atoms with E-state index in [1.807, 2.05) is 5.87 Å². The highest BCUT2D eigenvalue weighted by Gasteiger charge is 2.07. The Hall–Kier alpha value is -3.12. The Morgan fingerprint density at radius 3 is 2.85 bits per heavy atom. The highest BCUT2D eigenvalue weighted by atomic mass is 19.1. The van der Waals surface area contributed by atoms with Crippen LogP contribution in [0.3, 0.4) is 0 Å². The number of fused-ring (bicyclic) bond motifs is 1. The highest BCUT2D eigenvalue weighted by molar-refractivity contribution is 5.47. The lowest BCUT2D eigenvalue weighted by molar-refractivity contribution is 0.617. The van der Waals surface area contributed by atoms with Gasteiger partial charge in [-0.2, -0.15) is 14.6 Å². The number of hydrogen-bond acceptors (Lipinski definition) is 5. The third-order valence-electron chi connectivity index (χ3n) is 2.79. The Balaban J connectivity index is 2.71. The Morgan fingerprint density at radius 1 is 1.35 bits per heavy atom. The van der Waals surface area contributed by atoms with Crippen LogP contribution < -0.4 is 16.3 Å². The maximum atomic E-state index is 13.9. The zero-order valence-electron chi connectivity index (χ0n) is 9.85. The van der Waals surface area contributed by atoms with Crippen LogP contribution >= 0.6 is 0 Å². The van der Waals surface area contributed by atoms with Crippen LogP contribution in [0.1, 0.15) is 0 Å². The van der Waals surface area contributed by atoms with Crippen molar-refractivity contribution in [3.05, 3.63) is 66.7 Å². The molecule has 98 valence electrons. The van der Waals surface area contributed by atoms with Gasteiger partial charge in [0.15, 0.2) is 0 Å². The van der Waals surface area contributed by atoms with E-state index >= 15 is 0 Å². The Morgan fingerprint density at radius 2 is 2.15 bits per heavy atom. The van der Waals surface area contributed by atoms with Gasteiger partial charge in [0, 0.05) is 10.4 Å². The van der Waals surface area contributed by atoms with Crippen molar-refractivity contribution in [2.45, 2.75) is 0 Å². The molecule has 2 heterocycles. The van der Waals surface area contributed by atoms with Crippen molar-refractivity contribution in [1.29, 1.82) is 5.41 Å². The second-order valence-corrected chi connectivity index (χ2v) is 3.95.